The van der Waals surface area contributed by atoms with Crippen LogP contribution in [0.15, 0.2) is 91.3 Å². The second-order valence-electron chi connectivity index (χ2n) is 8.38. The summed E-state index contributed by atoms with van der Waals surface area (Å²) in [5.41, 5.74) is 4.07. The summed E-state index contributed by atoms with van der Waals surface area (Å²) in [6.45, 7) is 4.15. The molecule has 1 heterocycles. The van der Waals surface area contributed by atoms with Crippen molar-refractivity contribution in [3.05, 3.63) is 96.8 Å². The van der Waals surface area contributed by atoms with Crippen LogP contribution in [0.3, 0.4) is 0 Å². The molecular formula is C27H28N4O3S. The van der Waals surface area contributed by atoms with E-state index < -0.39 is 10.0 Å². The fourth-order valence-corrected chi connectivity index (χ4v) is 5.10. The quantitative estimate of drug-likeness (QED) is 0.328. The predicted molar refractivity (Wildman–Crippen MR) is 140 cm³/mol. The van der Waals surface area contributed by atoms with Gasteiger partial charge in [-0.2, -0.15) is 0 Å². The second-order valence-corrected chi connectivity index (χ2v) is 10.2. The van der Waals surface area contributed by atoms with Crippen molar-refractivity contribution in [2.24, 2.45) is 0 Å². The lowest BCUT2D eigenvalue weighted by molar-refractivity contribution is 0.307. The smallest absolute Gasteiger partial charge is 0.232 e. The van der Waals surface area contributed by atoms with Crippen molar-refractivity contribution in [1.29, 1.82) is 0 Å². The van der Waals surface area contributed by atoms with E-state index in [-0.39, 0.29) is 6.04 Å². The highest BCUT2D eigenvalue weighted by molar-refractivity contribution is 7.92. The zero-order valence-corrected chi connectivity index (χ0v) is 20.7. The number of nitrogens with one attached hydrogen (secondary N) is 1. The van der Waals surface area contributed by atoms with Crippen LogP contribution < -0.4 is 14.4 Å². The zero-order valence-electron chi connectivity index (χ0n) is 19.9. The first-order chi connectivity index (χ1) is 16.8. The molecule has 1 aromatic heterocycles. The van der Waals surface area contributed by atoms with Crippen molar-refractivity contribution in [3.8, 4) is 17.0 Å². The van der Waals surface area contributed by atoms with Gasteiger partial charge in [0.2, 0.25) is 10.0 Å². The maximum absolute atomic E-state index is 12.2. The molecule has 0 saturated heterocycles. The molecule has 0 aliphatic rings. The van der Waals surface area contributed by atoms with Gasteiger partial charge in [0.05, 0.1) is 17.6 Å². The Morgan fingerprint density at radius 2 is 1.60 bits per heavy atom. The number of benzene rings is 3. The van der Waals surface area contributed by atoms with E-state index >= 15 is 0 Å². The van der Waals surface area contributed by atoms with Crippen LogP contribution in [0.1, 0.15) is 19.4 Å². The van der Waals surface area contributed by atoms with Crippen molar-refractivity contribution >= 4 is 27.2 Å². The van der Waals surface area contributed by atoms with Gasteiger partial charge in [-0.25, -0.2) is 18.4 Å². The molecule has 1 N–H and O–H groups in total. The van der Waals surface area contributed by atoms with Crippen LogP contribution in [-0.4, -0.2) is 30.7 Å². The molecule has 0 fully saturated rings. The van der Waals surface area contributed by atoms with Gasteiger partial charge in [-0.15, -0.1) is 0 Å². The number of nitrogens with zero attached hydrogens (tertiary/aromatic N) is 3. The molecule has 4 rings (SSSR count). The molecule has 0 bridgehead atoms. The summed E-state index contributed by atoms with van der Waals surface area (Å²) in [6, 6.07) is 26.7. The lowest BCUT2D eigenvalue weighted by atomic mass is 10.1. The number of hydrogen-bond acceptors (Lipinski definition) is 6. The van der Waals surface area contributed by atoms with E-state index in [0.29, 0.717) is 18.1 Å². The van der Waals surface area contributed by atoms with Crippen molar-refractivity contribution < 1.29 is 13.2 Å². The van der Waals surface area contributed by atoms with Gasteiger partial charge in [0, 0.05) is 23.4 Å². The largest absolute Gasteiger partial charge is 0.488 e. The second kappa shape index (κ2) is 10.6. The molecule has 180 valence electrons. The third kappa shape index (κ3) is 6.16. The molecular weight excluding hydrogens is 460 g/mol. The topological polar surface area (TPSA) is 84.4 Å². The van der Waals surface area contributed by atoms with E-state index in [0.717, 1.165) is 28.3 Å². The fraction of sp³-hybridized carbons (Fsp3) is 0.185. The Labute approximate surface area is 206 Å². The number of para-hydroxylation sites is 1. The average molecular weight is 489 g/mol. The minimum atomic E-state index is -3.37. The van der Waals surface area contributed by atoms with Crippen LogP contribution in [0.5, 0.6) is 5.75 Å². The first-order valence-corrected chi connectivity index (χ1v) is 13.1. The van der Waals surface area contributed by atoms with Crippen LogP contribution >= 0.6 is 0 Å². The number of anilines is 3. The molecule has 0 atom stereocenters. The average Bonchev–Trinajstić information content (AvgIpc) is 2.84. The minimum Gasteiger partial charge on any atom is -0.488 e. The lowest BCUT2D eigenvalue weighted by Crippen LogP contribution is -2.36. The van der Waals surface area contributed by atoms with Gasteiger partial charge in [0.15, 0.2) is 0 Å². The zero-order chi connectivity index (χ0) is 24.8. The van der Waals surface area contributed by atoms with Crippen molar-refractivity contribution in [2.75, 3.05) is 15.9 Å². The molecule has 4 aromatic rings. The van der Waals surface area contributed by atoms with E-state index in [4.69, 9.17) is 4.74 Å². The van der Waals surface area contributed by atoms with Crippen LogP contribution in [0.25, 0.3) is 11.3 Å². The molecule has 0 saturated carbocycles. The summed E-state index contributed by atoms with van der Waals surface area (Å²) < 4.78 is 31.8. The van der Waals surface area contributed by atoms with Gasteiger partial charge in [-0.1, -0.05) is 42.5 Å². The Morgan fingerprint density at radius 3 is 2.29 bits per heavy atom. The van der Waals surface area contributed by atoms with Gasteiger partial charge in [0.25, 0.3) is 0 Å². The number of ether oxygens (including phenoxy) is 1. The lowest BCUT2D eigenvalue weighted by Gasteiger charge is -2.26. The molecule has 7 nitrogen and oxygen atoms in total. The highest BCUT2D eigenvalue weighted by Gasteiger charge is 2.20. The maximum Gasteiger partial charge on any atom is 0.232 e. The summed E-state index contributed by atoms with van der Waals surface area (Å²) in [6.07, 6.45) is 2.72. The normalized spacial score (nSPS) is 11.3. The van der Waals surface area contributed by atoms with Gasteiger partial charge in [-0.3, -0.25) is 4.31 Å². The van der Waals surface area contributed by atoms with Crippen molar-refractivity contribution in [1.82, 2.24) is 9.97 Å². The van der Waals surface area contributed by atoms with Gasteiger partial charge < -0.3 is 10.1 Å². The SMILES string of the molecule is CC(C)N(c1ccc(Nc2cc(-c3ccccc3OCc3ccccc3)ncn2)cc1)S(C)(=O)=O. The summed E-state index contributed by atoms with van der Waals surface area (Å²) in [7, 11) is -3.37. The van der Waals surface area contributed by atoms with Crippen molar-refractivity contribution in [3.63, 3.8) is 0 Å². The van der Waals surface area contributed by atoms with Gasteiger partial charge >= 0.3 is 0 Å². The summed E-state index contributed by atoms with van der Waals surface area (Å²) in [5.74, 6) is 1.35. The van der Waals surface area contributed by atoms with E-state index in [1.54, 1.807) is 12.1 Å². The van der Waals surface area contributed by atoms with E-state index in [9.17, 15) is 8.42 Å². The van der Waals surface area contributed by atoms with E-state index in [2.05, 4.69) is 15.3 Å². The standard InChI is InChI=1S/C27H28N4O3S/c1-20(2)31(35(3,32)33)23-15-13-22(14-16-23)30-27-17-25(28-19-29-27)24-11-7-8-12-26(24)34-18-21-9-5-4-6-10-21/h4-17,19-20H,18H2,1-3H3,(H,28,29,30). The fourth-order valence-electron chi connectivity index (χ4n) is 3.82. The Kier molecular flexibility index (Phi) is 7.31. The Bertz CT molecular complexity index is 1380. The van der Waals surface area contributed by atoms with Gasteiger partial charge in [0.1, 0.15) is 24.5 Å². The third-order valence-electron chi connectivity index (χ3n) is 5.29. The predicted octanol–water partition coefficient (Wildman–Crippen LogP) is 5.64. The minimum absolute atomic E-state index is 0.183. The summed E-state index contributed by atoms with van der Waals surface area (Å²) in [4.78, 5) is 8.79. The molecule has 0 aliphatic heterocycles. The first-order valence-electron chi connectivity index (χ1n) is 11.3. The molecule has 0 radical (unpaired) electrons. The first kappa shape index (κ1) is 24.2. The highest BCUT2D eigenvalue weighted by atomic mass is 32.2. The van der Waals surface area contributed by atoms with Gasteiger partial charge in [-0.05, 0) is 55.8 Å². The van der Waals surface area contributed by atoms with E-state index in [1.807, 2.05) is 86.6 Å². The molecule has 0 unspecified atom stereocenters. The monoisotopic (exact) mass is 488 g/mol. The van der Waals surface area contributed by atoms with E-state index in [1.165, 1.54) is 16.9 Å². The number of hydrogen-bond donors (Lipinski definition) is 1. The molecule has 3 aromatic carbocycles. The van der Waals surface area contributed by atoms with Crippen molar-refractivity contribution in [2.45, 2.75) is 26.5 Å². The molecule has 0 aliphatic carbocycles. The third-order valence-corrected chi connectivity index (χ3v) is 6.63. The number of aromatic nitrogens is 2. The highest BCUT2D eigenvalue weighted by Crippen LogP contribution is 2.31. The Hall–Kier alpha value is -3.91. The summed E-state index contributed by atoms with van der Waals surface area (Å²) in [5, 5.41) is 3.27. The Balaban J connectivity index is 1.52. The molecule has 0 amide bonds. The van der Waals surface area contributed by atoms with Crippen LogP contribution in [0.2, 0.25) is 0 Å². The van der Waals surface area contributed by atoms with Crippen LogP contribution in [0.4, 0.5) is 17.2 Å². The number of rotatable bonds is 9. The molecule has 35 heavy (non-hydrogen) atoms. The maximum atomic E-state index is 12.2. The Morgan fingerprint density at radius 1 is 0.914 bits per heavy atom. The molecule has 8 heteroatoms. The summed E-state index contributed by atoms with van der Waals surface area (Å²) >= 11 is 0. The van der Waals surface area contributed by atoms with Crippen LogP contribution in [0, 0.1) is 0 Å². The van der Waals surface area contributed by atoms with Crippen LogP contribution in [-0.2, 0) is 16.6 Å². The molecule has 0 spiro atoms. The number of sulfonamides is 1.